The molecule has 5 heteroatoms. The molecule has 0 bridgehead atoms. The lowest BCUT2D eigenvalue weighted by atomic mass is 9.99. The lowest BCUT2D eigenvalue weighted by molar-refractivity contribution is 0.0790. The molecule has 2 aromatic rings. The molecule has 2 aliphatic rings. The van der Waals surface area contributed by atoms with Crippen LogP contribution in [0.4, 0.5) is 4.79 Å². The zero-order chi connectivity index (χ0) is 17.9. The Labute approximate surface area is 151 Å². The van der Waals surface area contributed by atoms with Gasteiger partial charge in [0.05, 0.1) is 6.04 Å². The van der Waals surface area contributed by atoms with Crippen molar-refractivity contribution in [1.29, 1.82) is 0 Å². The van der Waals surface area contributed by atoms with Crippen molar-refractivity contribution in [2.75, 3.05) is 0 Å². The highest BCUT2D eigenvalue weighted by molar-refractivity contribution is 6.04. The molecule has 132 valence electrons. The minimum absolute atomic E-state index is 0.232. The van der Waals surface area contributed by atoms with Gasteiger partial charge >= 0.3 is 6.09 Å². The Morgan fingerprint density at radius 3 is 2.65 bits per heavy atom. The van der Waals surface area contributed by atoms with Crippen molar-refractivity contribution in [1.82, 2.24) is 4.90 Å². The second-order valence-corrected chi connectivity index (χ2v) is 6.39. The number of nitrogens with zero attached hydrogens (tertiary/aromatic N) is 1. The summed E-state index contributed by atoms with van der Waals surface area (Å²) >= 11 is 0. The van der Waals surface area contributed by atoms with Crippen molar-refractivity contribution in [3.8, 4) is 5.75 Å². The van der Waals surface area contributed by atoms with Crippen LogP contribution in [-0.2, 0) is 11.3 Å². The van der Waals surface area contributed by atoms with Crippen molar-refractivity contribution >= 4 is 12.0 Å². The van der Waals surface area contributed by atoms with E-state index in [0.717, 1.165) is 18.4 Å². The highest BCUT2D eigenvalue weighted by Crippen LogP contribution is 2.29. The molecule has 5 nitrogen and oxygen atoms in total. The number of imide groups is 1. The van der Waals surface area contributed by atoms with E-state index < -0.39 is 6.09 Å². The Balaban J connectivity index is 1.44. The zero-order valence-electron chi connectivity index (χ0n) is 14.2. The zero-order valence-corrected chi connectivity index (χ0v) is 14.2. The summed E-state index contributed by atoms with van der Waals surface area (Å²) in [5.74, 6) is 0.327. The van der Waals surface area contributed by atoms with Gasteiger partial charge in [0.15, 0.2) is 0 Å². The molecule has 0 unspecified atom stereocenters. The van der Waals surface area contributed by atoms with Crippen LogP contribution in [0.1, 0.15) is 28.8 Å². The fourth-order valence-corrected chi connectivity index (χ4v) is 3.27. The molecule has 2 amide bonds. The van der Waals surface area contributed by atoms with E-state index in [4.69, 9.17) is 9.47 Å². The van der Waals surface area contributed by atoms with E-state index in [0.29, 0.717) is 17.9 Å². The van der Waals surface area contributed by atoms with Crippen molar-refractivity contribution < 1.29 is 19.1 Å². The third-order valence-electron chi connectivity index (χ3n) is 4.65. The minimum atomic E-state index is -0.569. The second-order valence-electron chi connectivity index (χ2n) is 6.39. The number of allylic oxidation sites excluding steroid dienone is 1. The Bertz CT molecular complexity index is 829. The first-order chi connectivity index (χ1) is 12.7. The summed E-state index contributed by atoms with van der Waals surface area (Å²) in [5, 5.41) is 0. The maximum atomic E-state index is 12.8. The normalized spacial score (nSPS) is 21.2. The Morgan fingerprint density at radius 2 is 1.88 bits per heavy atom. The monoisotopic (exact) mass is 349 g/mol. The van der Waals surface area contributed by atoms with Gasteiger partial charge in [-0.05, 0) is 42.7 Å². The van der Waals surface area contributed by atoms with Crippen LogP contribution in [-0.4, -0.2) is 29.0 Å². The van der Waals surface area contributed by atoms with Gasteiger partial charge in [-0.15, -0.1) is 0 Å². The maximum absolute atomic E-state index is 12.8. The Hall–Kier alpha value is -3.08. The van der Waals surface area contributed by atoms with Crippen LogP contribution in [0.2, 0.25) is 0 Å². The summed E-state index contributed by atoms with van der Waals surface area (Å²) in [7, 11) is 0. The molecule has 1 aliphatic carbocycles. The molecule has 2 atom stereocenters. The number of hydrogen-bond acceptors (Lipinski definition) is 4. The molecule has 1 saturated heterocycles. The number of benzene rings is 2. The lowest BCUT2D eigenvalue weighted by Crippen LogP contribution is -2.40. The van der Waals surface area contributed by atoms with Gasteiger partial charge in [0.25, 0.3) is 5.91 Å². The van der Waals surface area contributed by atoms with Crippen LogP contribution in [0.5, 0.6) is 5.75 Å². The number of rotatable bonds is 4. The highest BCUT2D eigenvalue weighted by atomic mass is 16.6. The molecule has 1 heterocycles. The van der Waals surface area contributed by atoms with E-state index in [2.05, 4.69) is 0 Å². The quantitative estimate of drug-likeness (QED) is 0.785. The molecule has 1 aliphatic heterocycles. The Morgan fingerprint density at radius 1 is 1.12 bits per heavy atom. The first kappa shape index (κ1) is 16.4. The molecule has 1 fully saturated rings. The SMILES string of the molecule is O=C1O[C@H]2CCC=C[C@@H]2N1C(=O)c1ccc(OCc2ccccc2)cc1. The fourth-order valence-electron chi connectivity index (χ4n) is 3.27. The lowest BCUT2D eigenvalue weighted by Gasteiger charge is -2.22. The third-order valence-corrected chi connectivity index (χ3v) is 4.65. The molecule has 0 aromatic heterocycles. The van der Waals surface area contributed by atoms with Crippen LogP contribution < -0.4 is 4.74 Å². The van der Waals surface area contributed by atoms with Gasteiger partial charge in [0.2, 0.25) is 0 Å². The first-order valence-electron chi connectivity index (χ1n) is 8.70. The summed E-state index contributed by atoms with van der Waals surface area (Å²) in [6.07, 6.45) is 4.69. The number of fused-ring (bicyclic) bond motifs is 1. The van der Waals surface area contributed by atoms with E-state index >= 15 is 0 Å². The molecule has 0 spiro atoms. The predicted octanol–water partition coefficient (Wildman–Crippen LogP) is 3.95. The van der Waals surface area contributed by atoms with Gasteiger partial charge in [-0.2, -0.15) is 0 Å². The number of hydrogen-bond donors (Lipinski definition) is 0. The average Bonchev–Trinajstić information content (AvgIpc) is 3.03. The predicted molar refractivity (Wildman–Crippen MR) is 95.8 cm³/mol. The van der Waals surface area contributed by atoms with Crippen molar-refractivity contribution in [2.45, 2.75) is 31.6 Å². The number of amides is 2. The summed E-state index contributed by atoms with van der Waals surface area (Å²) in [6.45, 7) is 0.459. The van der Waals surface area contributed by atoms with E-state index in [9.17, 15) is 9.59 Å². The number of carbonyl (C=O) groups is 2. The molecule has 2 aromatic carbocycles. The van der Waals surface area contributed by atoms with Gasteiger partial charge in [-0.1, -0.05) is 42.5 Å². The van der Waals surface area contributed by atoms with Crippen LogP contribution in [0.15, 0.2) is 66.7 Å². The van der Waals surface area contributed by atoms with Gasteiger partial charge in [-0.3, -0.25) is 4.79 Å². The first-order valence-corrected chi connectivity index (χ1v) is 8.70. The molecule has 4 rings (SSSR count). The van der Waals surface area contributed by atoms with Gasteiger partial charge in [0, 0.05) is 5.56 Å². The molecular weight excluding hydrogens is 330 g/mol. The van der Waals surface area contributed by atoms with Crippen LogP contribution in [0.3, 0.4) is 0 Å². The number of carbonyl (C=O) groups excluding carboxylic acids is 2. The van der Waals surface area contributed by atoms with E-state index in [1.165, 1.54) is 4.90 Å². The summed E-state index contributed by atoms with van der Waals surface area (Å²) in [5.41, 5.74) is 1.51. The van der Waals surface area contributed by atoms with Crippen LogP contribution in [0, 0.1) is 0 Å². The largest absolute Gasteiger partial charge is 0.489 e. The molecule has 0 saturated carbocycles. The van der Waals surface area contributed by atoms with E-state index in [1.807, 2.05) is 42.5 Å². The minimum Gasteiger partial charge on any atom is -0.489 e. The van der Waals surface area contributed by atoms with Crippen molar-refractivity contribution in [3.05, 3.63) is 77.9 Å². The highest BCUT2D eigenvalue weighted by Gasteiger charge is 2.44. The topological polar surface area (TPSA) is 55.8 Å². The van der Waals surface area contributed by atoms with Crippen LogP contribution in [0.25, 0.3) is 0 Å². The molecule has 26 heavy (non-hydrogen) atoms. The Kier molecular flexibility index (Phi) is 4.44. The van der Waals surface area contributed by atoms with Crippen molar-refractivity contribution in [2.24, 2.45) is 0 Å². The third kappa shape index (κ3) is 3.20. The second kappa shape index (κ2) is 7.04. The standard InChI is InChI=1S/C21H19NO4/c23-20(22-18-8-4-5-9-19(18)26-21(22)24)16-10-12-17(13-11-16)25-14-15-6-2-1-3-7-15/h1-4,6-8,10-13,18-19H,5,9,14H2/t18-,19-/m0/s1. The fraction of sp³-hybridized carbons (Fsp3) is 0.238. The number of ether oxygens (including phenoxy) is 2. The summed E-state index contributed by atoms with van der Waals surface area (Å²) in [6, 6.07) is 16.4. The maximum Gasteiger partial charge on any atom is 0.417 e. The van der Waals surface area contributed by atoms with E-state index in [-0.39, 0.29) is 18.1 Å². The average molecular weight is 349 g/mol. The summed E-state index contributed by atoms with van der Waals surface area (Å²) < 4.78 is 11.1. The smallest absolute Gasteiger partial charge is 0.417 e. The van der Waals surface area contributed by atoms with Gasteiger partial charge in [0.1, 0.15) is 18.5 Å². The van der Waals surface area contributed by atoms with Gasteiger partial charge in [-0.25, -0.2) is 9.69 Å². The summed E-state index contributed by atoms with van der Waals surface area (Å²) in [4.78, 5) is 26.1. The molecule has 0 N–H and O–H groups in total. The molecular formula is C21H19NO4. The van der Waals surface area contributed by atoms with Gasteiger partial charge < -0.3 is 9.47 Å². The van der Waals surface area contributed by atoms with Crippen LogP contribution >= 0.6 is 0 Å². The molecule has 0 radical (unpaired) electrons. The van der Waals surface area contributed by atoms with Crippen molar-refractivity contribution in [3.63, 3.8) is 0 Å². The van der Waals surface area contributed by atoms with E-state index in [1.54, 1.807) is 24.3 Å².